The zero-order valence-corrected chi connectivity index (χ0v) is 11.7. The molecule has 1 atom stereocenters. The Balaban J connectivity index is 0.00000225. The Morgan fingerprint density at radius 1 is 1.62 bits per heavy atom. The Hall–Kier alpha value is -0.290. The molecule has 1 unspecified atom stereocenters. The van der Waals surface area contributed by atoms with Gasteiger partial charge in [0.15, 0.2) is 0 Å². The first kappa shape index (κ1) is 15.7. The molecule has 1 rings (SSSR count). The van der Waals surface area contributed by atoms with Crippen LogP contribution in [0.2, 0.25) is 4.34 Å². The van der Waals surface area contributed by atoms with Crippen molar-refractivity contribution < 1.29 is 4.79 Å². The average molecular weight is 283 g/mol. The third-order valence-corrected chi connectivity index (χ3v) is 3.16. The maximum absolute atomic E-state index is 11.6. The normalized spacial score (nSPS) is 11.8. The van der Waals surface area contributed by atoms with Gasteiger partial charge in [0.1, 0.15) is 0 Å². The summed E-state index contributed by atoms with van der Waals surface area (Å²) in [7, 11) is 1.78. The Morgan fingerprint density at radius 3 is 2.69 bits per heavy atom. The standard InChI is InChI=1S/C10H15ClN2OS.ClH/c1-7(12)5-10(14)13(2)6-8-3-4-9(11)15-8;/h3-4,7H,5-6,12H2,1-2H3;1H. The number of rotatable bonds is 4. The predicted octanol–water partition coefficient (Wildman–Crippen LogP) is 2.52. The zero-order valence-electron chi connectivity index (χ0n) is 9.27. The van der Waals surface area contributed by atoms with Gasteiger partial charge in [0.05, 0.1) is 10.9 Å². The number of amides is 1. The summed E-state index contributed by atoms with van der Waals surface area (Å²) < 4.78 is 0.748. The molecule has 0 radical (unpaired) electrons. The van der Waals surface area contributed by atoms with Gasteiger partial charge < -0.3 is 10.6 Å². The highest BCUT2D eigenvalue weighted by Crippen LogP contribution is 2.22. The Kier molecular flexibility index (Phi) is 6.99. The van der Waals surface area contributed by atoms with Crippen molar-refractivity contribution in [3.63, 3.8) is 0 Å². The van der Waals surface area contributed by atoms with Crippen LogP contribution in [0.5, 0.6) is 0 Å². The molecule has 0 aliphatic carbocycles. The van der Waals surface area contributed by atoms with Gasteiger partial charge >= 0.3 is 0 Å². The van der Waals surface area contributed by atoms with Gasteiger partial charge in [-0.2, -0.15) is 0 Å². The van der Waals surface area contributed by atoms with Crippen LogP contribution >= 0.6 is 35.3 Å². The van der Waals surface area contributed by atoms with Crippen LogP contribution in [-0.4, -0.2) is 23.9 Å². The molecule has 92 valence electrons. The van der Waals surface area contributed by atoms with E-state index in [1.54, 1.807) is 11.9 Å². The predicted molar refractivity (Wildman–Crippen MR) is 71.3 cm³/mol. The number of nitrogens with two attached hydrogens (primary N) is 1. The van der Waals surface area contributed by atoms with Crippen LogP contribution in [0.3, 0.4) is 0 Å². The maximum Gasteiger partial charge on any atom is 0.224 e. The fraction of sp³-hybridized carbons (Fsp3) is 0.500. The third-order valence-electron chi connectivity index (χ3n) is 1.94. The molecule has 0 aromatic carbocycles. The van der Waals surface area contributed by atoms with Crippen molar-refractivity contribution in [2.75, 3.05) is 7.05 Å². The molecule has 0 bridgehead atoms. The summed E-state index contributed by atoms with van der Waals surface area (Å²) in [5.41, 5.74) is 5.56. The lowest BCUT2D eigenvalue weighted by Gasteiger charge is -2.17. The first-order valence-corrected chi connectivity index (χ1v) is 5.92. The van der Waals surface area contributed by atoms with Crippen LogP contribution in [0, 0.1) is 0 Å². The number of carbonyl (C=O) groups is 1. The van der Waals surface area contributed by atoms with Crippen LogP contribution in [0.1, 0.15) is 18.2 Å². The molecule has 3 nitrogen and oxygen atoms in total. The van der Waals surface area contributed by atoms with E-state index in [1.807, 2.05) is 19.1 Å². The fourth-order valence-electron chi connectivity index (χ4n) is 1.19. The molecule has 1 heterocycles. The van der Waals surface area contributed by atoms with Crippen LogP contribution in [0.15, 0.2) is 12.1 Å². The van der Waals surface area contributed by atoms with Gasteiger partial charge in [-0.05, 0) is 19.1 Å². The van der Waals surface area contributed by atoms with Crippen molar-refractivity contribution >= 4 is 41.3 Å². The van der Waals surface area contributed by atoms with Crippen molar-refractivity contribution in [1.82, 2.24) is 4.90 Å². The lowest BCUT2D eigenvalue weighted by atomic mass is 10.2. The Morgan fingerprint density at radius 2 is 2.25 bits per heavy atom. The third kappa shape index (κ3) is 5.16. The molecule has 0 saturated carbocycles. The SMILES string of the molecule is CC(N)CC(=O)N(C)Cc1ccc(Cl)s1.Cl. The van der Waals surface area contributed by atoms with Crippen LogP contribution in [0.25, 0.3) is 0 Å². The molecule has 1 aromatic rings. The van der Waals surface area contributed by atoms with Gasteiger partial charge in [-0.1, -0.05) is 11.6 Å². The molecule has 1 aromatic heterocycles. The molecule has 0 aliphatic heterocycles. The van der Waals surface area contributed by atoms with Gasteiger partial charge in [-0.15, -0.1) is 23.7 Å². The van der Waals surface area contributed by atoms with Crippen molar-refractivity contribution in [3.8, 4) is 0 Å². The van der Waals surface area contributed by atoms with Crippen LogP contribution in [0.4, 0.5) is 0 Å². The number of nitrogens with zero attached hydrogens (tertiary/aromatic N) is 1. The molecular formula is C10H16Cl2N2OS. The molecule has 1 amide bonds. The molecule has 0 saturated heterocycles. The number of thiophene rings is 1. The fourth-order valence-corrected chi connectivity index (χ4v) is 2.33. The highest BCUT2D eigenvalue weighted by Gasteiger charge is 2.11. The number of halogens is 2. The molecule has 6 heteroatoms. The molecule has 0 aliphatic rings. The van der Waals surface area contributed by atoms with Gasteiger partial charge in [0.25, 0.3) is 0 Å². The molecular weight excluding hydrogens is 267 g/mol. The average Bonchev–Trinajstić information content (AvgIpc) is 2.50. The minimum atomic E-state index is -0.0909. The van der Waals surface area contributed by atoms with Gasteiger partial charge in [0, 0.05) is 24.4 Å². The van der Waals surface area contributed by atoms with E-state index in [4.69, 9.17) is 17.3 Å². The minimum Gasteiger partial charge on any atom is -0.341 e. The van der Waals surface area contributed by atoms with E-state index in [0.717, 1.165) is 9.21 Å². The molecule has 2 N–H and O–H groups in total. The van der Waals surface area contributed by atoms with Crippen molar-refractivity contribution in [2.24, 2.45) is 5.73 Å². The molecule has 0 fully saturated rings. The lowest BCUT2D eigenvalue weighted by molar-refractivity contribution is -0.130. The zero-order chi connectivity index (χ0) is 11.4. The van der Waals surface area contributed by atoms with E-state index in [-0.39, 0.29) is 24.4 Å². The summed E-state index contributed by atoms with van der Waals surface area (Å²) in [6.07, 6.45) is 0.385. The van der Waals surface area contributed by atoms with E-state index >= 15 is 0 Å². The first-order chi connectivity index (χ1) is 6.99. The second-order valence-electron chi connectivity index (χ2n) is 3.64. The highest BCUT2D eigenvalue weighted by atomic mass is 35.5. The van der Waals surface area contributed by atoms with Crippen molar-refractivity contribution in [2.45, 2.75) is 25.9 Å². The summed E-state index contributed by atoms with van der Waals surface area (Å²) in [5, 5.41) is 0. The second kappa shape index (κ2) is 7.12. The van der Waals surface area contributed by atoms with E-state index in [0.29, 0.717) is 13.0 Å². The summed E-state index contributed by atoms with van der Waals surface area (Å²) >= 11 is 7.30. The molecule has 16 heavy (non-hydrogen) atoms. The largest absolute Gasteiger partial charge is 0.341 e. The maximum atomic E-state index is 11.6. The monoisotopic (exact) mass is 282 g/mol. The summed E-state index contributed by atoms with van der Waals surface area (Å²) in [4.78, 5) is 14.3. The van der Waals surface area contributed by atoms with Crippen LogP contribution in [-0.2, 0) is 11.3 Å². The van der Waals surface area contributed by atoms with Gasteiger partial charge in [-0.25, -0.2) is 0 Å². The quantitative estimate of drug-likeness (QED) is 0.923. The summed E-state index contributed by atoms with van der Waals surface area (Å²) in [6.45, 7) is 2.43. The summed E-state index contributed by atoms with van der Waals surface area (Å²) in [6, 6.07) is 3.68. The van der Waals surface area contributed by atoms with Crippen molar-refractivity contribution in [1.29, 1.82) is 0 Å². The number of hydrogen-bond acceptors (Lipinski definition) is 3. The highest BCUT2D eigenvalue weighted by molar-refractivity contribution is 7.16. The van der Waals surface area contributed by atoms with Crippen molar-refractivity contribution in [3.05, 3.63) is 21.3 Å². The number of carbonyl (C=O) groups excluding carboxylic acids is 1. The number of hydrogen-bond donors (Lipinski definition) is 1. The van der Waals surface area contributed by atoms with E-state index < -0.39 is 0 Å². The minimum absolute atomic E-state index is 0. The second-order valence-corrected chi connectivity index (χ2v) is 5.44. The van der Waals surface area contributed by atoms with Crippen LogP contribution < -0.4 is 5.73 Å². The first-order valence-electron chi connectivity index (χ1n) is 4.73. The van der Waals surface area contributed by atoms with E-state index in [1.165, 1.54) is 11.3 Å². The smallest absolute Gasteiger partial charge is 0.224 e. The van der Waals surface area contributed by atoms with Gasteiger partial charge in [0.2, 0.25) is 5.91 Å². The Labute approximate surface area is 111 Å². The van der Waals surface area contributed by atoms with E-state index in [9.17, 15) is 4.79 Å². The topological polar surface area (TPSA) is 46.3 Å². The Bertz CT molecular complexity index is 341. The lowest BCUT2D eigenvalue weighted by Crippen LogP contribution is -2.31. The van der Waals surface area contributed by atoms with Gasteiger partial charge in [-0.3, -0.25) is 4.79 Å². The van der Waals surface area contributed by atoms with E-state index in [2.05, 4.69) is 0 Å². The summed E-state index contributed by atoms with van der Waals surface area (Å²) in [5.74, 6) is 0.0644. The molecule has 0 spiro atoms.